The number of nitrogens with one attached hydrogen (secondary N) is 1. The Kier molecular flexibility index (Phi) is 5.62. The summed E-state index contributed by atoms with van der Waals surface area (Å²) in [7, 11) is 0. The second-order valence-corrected chi connectivity index (χ2v) is 7.11. The van der Waals surface area contributed by atoms with Crippen molar-refractivity contribution in [2.45, 2.75) is 38.3 Å². The topological polar surface area (TPSA) is 18.5 Å². The number of nitrogens with zero attached hydrogens (tertiary/aromatic N) is 2. The van der Waals surface area contributed by atoms with Gasteiger partial charge in [-0.05, 0) is 37.0 Å². The van der Waals surface area contributed by atoms with E-state index in [4.69, 9.17) is 11.6 Å². The van der Waals surface area contributed by atoms with Crippen molar-refractivity contribution in [2.24, 2.45) is 0 Å². The maximum absolute atomic E-state index is 5.98. The van der Waals surface area contributed by atoms with Crippen LogP contribution in [0.2, 0.25) is 5.02 Å². The fraction of sp³-hybridized carbons (Fsp3) is 0.579. The SMILES string of the molecule is C=C(c1ccc(Cl)cc1)N1CCC(N2CCNC[C@@H]2CC)CC1. The molecule has 0 bridgehead atoms. The van der Waals surface area contributed by atoms with Crippen LogP contribution in [0, 0.1) is 0 Å². The van der Waals surface area contributed by atoms with Gasteiger partial charge in [-0.15, -0.1) is 0 Å². The van der Waals surface area contributed by atoms with Crippen molar-refractivity contribution in [2.75, 3.05) is 32.7 Å². The molecule has 1 aromatic carbocycles. The van der Waals surface area contributed by atoms with Crippen LogP contribution in [-0.4, -0.2) is 54.6 Å². The predicted octanol–water partition coefficient (Wildman–Crippen LogP) is 3.46. The summed E-state index contributed by atoms with van der Waals surface area (Å²) in [6.07, 6.45) is 3.72. The van der Waals surface area contributed by atoms with Crippen molar-refractivity contribution in [3.8, 4) is 0 Å². The van der Waals surface area contributed by atoms with E-state index in [0.717, 1.165) is 42.9 Å². The molecule has 2 saturated heterocycles. The van der Waals surface area contributed by atoms with Gasteiger partial charge in [0.25, 0.3) is 0 Å². The van der Waals surface area contributed by atoms with Gasteiger partial charge in [0.05, 0.1) is 0 Å². The Morgan fingerprint density at radius 1 is 1.22 bits per heavy atom. The number of benzene rings is 1. The molecule has 0 aliphatic carbocycles. The fourth-order valence-corrected chi connectivity index (χ4v) is 4.05. The van der Waals surface area contributed by atoms with Gasteiger partial charge >= 0.3 is 0 Å². The molecule has 0 amide bonds. The van der Waals surface area contributed by atoms with Crippen LogP contribution in [0.1, 0.15) is 31.7 Å². The third kappa shape index (κ3) is 3.90. The van der Waals surface area contributed by atoms with Crippen LogP contribution in [0.4, 0.5) is 0 Å². The summed E-state index contributed by atoms with van der Waals surface area (Å²) in [5.41, 5.74) is 2.31. The minimum absolute atomic E-state index is 0.708. The monoisotopic (exact) mass is 333 g/mol. The highest BCUT2D eigenvalue weighted by atomic mass is 35.5. The summed E-state index contributed by atoms with van der Waals surface area (Å²) in [5, 5.41) is 4.31. The lowest BCUT2D eigenvalue weighted by Gasteiger charge is -2.45. The summed E-state index contributed by atoms with van der Waals surface area (Å²) in [6.45, 7) is 12.3. The van der Waals surface area contributed by atoms with E-state index in [1.165, 1.54) is 31.4 Å². The van der Waals surface area contributed by atoms with E-state index in [1.54, 1.807) is 0 Å². The zero-order valence-corrected chi connectivity index (χ0v) is 14.9. The molecule has 1 atom stereocenters. The first-order valence-electron chi connectivity index (χ1n) is 8.85. The zero-order chi connectivity index (χ0) is 16.2. The molecule has 2 aliphatic rings. The van der Waals surface area contributed by atoms with Crippen LogP contribution in [-0.2, 0) is 0 Å². The summed E-state index contributed by atoms with van der Waals surface area (Å²) in [6, 6.07) is 9.47. The molecule has 1 N–H and O–H groups in total. The van der Waals surface area contributed by atoms with Crippen molar-refractivity contribution in [3.05, 3.63) is 41.4 Å². The van der Waals surface area contributed by atoms with Gasteiger partial charge in [-0.2, -0.15) is 0 Å². The third-order valence-electron chi connectivity index (χ3n) is 5.36. The second-order valence-electron chi connectivity index (χ2n) is 6.68. The molecule has 2 fully saturated rings. The Labute approximate surface area is 145 Å². The highest BCUT2D eigenvalue weighted by molar-refractivity contribution is 6.30. The number of piperazine rings is 1. The molecule has 2 aliphatic heterocycles. The summed E-state index contributed by atoms with van der Waals surface area (Å²) in [5.74, 6) is 0. The summed E-state index contributed by atoms with van der Waals surface area (Å²) >= 11 is 5.98. The van der Waals surface area contributed by atoms with Crippen LogP contribution in [0.15, 0.2) is 30.8 Å². The third-order valence-corrected chi connectivity index (χ3v) is 5.61. The second kappa shape index (κ2) is 7.69. The molecule has 0 unspecified atom stereocenters. The number of hydrogen-bond acceptors (Lipinski definition) is 3. The Bertz CT molecular complexity index is 520. The average molecular weight is 334 g/mol. The number of hydrogen-bond donors (Lipinski definition) is 1. The Balaban J connectivity index is 1.57. The molecule has 0 radical (unpaired) electrons. The Morgan fingerprint density at radius 3 is 2.57 bits per heavy atom. The minimum Gasteiger partial charge on any atom is -0.371 e. The standard InChI is InChI=1S/C19H28ClN3/c1-3-18-14-21-10-13-23(18)19-8-11-22(12-9-19)15(2)16-4-6-17(20)7-5-16/h4-7,18-19,21H,2-3,8-14H2,1H3/t18-/m0/s1. The maximum atomic E-state index is 5.98. The van der Waals surface area contributed by atoms with Gasteiger partial charge in [-0.1, -0.05) is 37.2 Å². The molecule has 1 aromatic rings. The van der Waals surface area contributed by atoms with Crippen molar-refractivity contribution in [1.29, 1.82) is 0 Å². The first-order chi connectivity index (χ1) is 11.2. The van der Waals surface area contributed by atoms with Crippen molar-refractivity contribution in [1.82, 2.24) is 15.1 Å². The van der Waals surface area contributed by atoms with Crippen molar-refractivity contribution in [3.63, 3.8) is 0 Å². The smallest absolute Gasteiger partial charge is 0.0406 e. The van der Waals surface area contributed by atoms with E-state index in [9.17, 15) is 0 Å². The van der Waals surface area contributed by atoms with Crippen LogP contribution in [0.3, 0.4) is 0 Å². The largest absolute Gasteiger partial charge is 0.371 e. The molecule has 4 heteroatoms. The zero-order valence-electron chi connectivity index (χ0n) is 14.1. The van der Waals surface area contributed by atoms with E-state index in [1.807, 2.05) is 12.1 Å². The average Bonchev–Trinajstić information content (AvgIpc) is 2.62. The predicted molar refractivity (Wildman–Crippen MR) is 98.7 cm³/mol. The molecule has 23 heavy (non-hydrogen) atoms. The molecule has 126 valence electrons. The van der Waals surface area contributed by atoms with Crippen molar-refractivity contribution >= 4 is 17.3 Å². The van der Waals surface area contributed by atoms with Gasteiger partial charge in [-0.3, -0.25) is 4.90 Å². The first-order valence-corrected chi connectivity index (χ1v) is 9.23. The molecule has 3 nitrogen and oxygen atoms in total. The highest BCUT2D eigenvalue weighted by Gasteiger charge is 2.30. The minimum atomic E-state index is 0.708. The van der Waals surface area contributed by atoms with Crippen LogP contribution < -0.4 is 5.32 Å². The molecule has 0 aromatic heterocycles. The van der Waals surface area contributed by atoms with Crippen LogP contribution >= 0.6 is 11.6 Å². The summed E-state index contributed by atoms with van der Waals surface area (Å²) in [4.78, 5) is 5.18. The van der Waals surface area contributed by atoms with E-state index < -0.39 is 0 Å². The van der Waals surface area contributed by atoms with Gasteiger partial charge in [-0.25, -0.2) is 0 Å². The Morgan fingerprint density at radius 2 is 1.91 bits per heavy atom. The van der Waals surface area contributed by atoms with E-state index in [0.29, 0.717) is 6.04 Å². The quantitative estimate of drug-likeness (QED) is 0.910. The van der Waals surface area contributed by atoms with Crippen LogP contribution in [0.5, 0.6) is 0 Å². The molecule has 2 heterocycles. The number of halogens is 1. The lowest BCUT2D eigenvalue weighted by atomic mass is 9.98. The molecular formula is C19H28ClN3. The van der Waals surface area contributed by atoms with Gasteiger partial charge in [0.2, 0.25) is 0 Å². The molecule has 0 spiro atoms. The highest BCUT2D eigenvalue weighted by Crippen LogP contribution is 2.26. The van der Waals surface area contributed by atoms with E-state index >= 15 is 0 Å². The molecule has 0 saturated carbocycles. The lowest BCUT2D eigenvalue weighted by molar-refractivity contribution is 0.0685. The lowest BCUT2D eigenvalue weighted by Crippen LogP contribution is -2.57. The van der Waals surface area contributed by atoms with Crippen molar-refractivity contribution < 1.29 is 0 Å². The van der Waals surface area contributed by atoms with Gasteiger partial charge in [0.15, 0.2) is 0 Å². The van der Waals surface area contributed by atoms with E-state index in [-0.39, 0.29) is 0 Å². The number of likely N-dealkylation sites (tertiary alicyclic amines) is 1. The normalized spacial score (nSPS) is 23.9. The van der Waals surface area contributed by atoms with Gasteiger partial charge in [0.1, 0.15) is 0 Å². The molecular weight excluding hydrogens is 306 g/mol. The maximum Gasteiger partial charge on any atom is 0.0406 e. The van der Waals surface area contributed by atoms with Gasteiger partial charge in [0, 0.05) is 55.5 Å². The summed E-state index contributed by atoms with van der Waals surface area (Å²) < 4.78 is 0. The van der Waals surface area contributed by atoms with Gasteiger partial charge < -0.3 is 10.2 Å². The number of rotatable bonds is 4. The first kappa shape index (κ1) is 16.8. The Hall–Kier alpha value is -1.03. The fourth-order valence-electron chi connectivity index (χ4n) is 3.93. The van der Waals surface area contributed by atoms with E-state index in [2.05, 4.69) is 40.8 Å². The molecule has 3 rings (SSSR count). The number of piperidine rings is 1. The van der Waals surface area contributed by atoms with Crippen LogP contribution in [0.25, 0.3) is 5.70 Å².